The molecule has 3 aromatic carbocycles. The molecule has 0 radical (unpaired) electrons. The summed E-state index contributed by atoms with van der Waals surface area (Å²) in [5.41, 5.74) is 8.80. The third-order valence-electron chi connectivity index (χ3n) is 6.91. The molecule has 2 atom stereocenters. The minimum atomic E-state index is 0.0386. The van der Waals surface area contributed by atoms with Crippen LogP contribution in [0.25, 0.3) is 11.1 Å². The number of aryl methyl sites for hydroxylation is 2. The van der Waals surface area contributed by atoms with Crippen LogP contribution in [0.5, 0.6) is 11.5 Å². The van der Waals surface area contributed by atoms with E-state index in [0.717, 1.165) is 29.9 Å². The molecule has 1 aliphatic heterocycles. The van der Waals surface area contributed by atoms with E-state index in [4.69, 9.17) is 14.2 Å². The molecule has 0 spiro atoms. The van der Waals surface area contributed by atoms with E-state index in [1.54, 1.807) is 0 Å². The number of benzene rings is 3. The van der Waals surface area contributed by atoms with E-state index in [1.807, 2.05) is 19.1 Å². The van der Waals surface area contributed by atoms with Gasteiger partial charge in [0.2, 0.25) is 5.91 Å². The van der Waals surface area contributed by atoms with Gasteiger partial charge < -0.3 is 14.2 Å². The molecule has 1 saturated heterocycles. The SMILES string of the molecule is CCOCCOc1cc(C)c(-c2cccc3c2CC[C@H]3Oc2ccc(C3CC(=O)NS3)cc2)c(C)c1. The van der Waals surface area contributed by atoms with Crippen LogP contribution in [0.4, 0.5) is 0 Å². The maximum Gasteiger partial charge on any atom is 0.231 e. The third kappa shape index (κ3) is 5.25. The molecule has 2 aliphatic rings. The van der Waals surface area contributed by atoms with Gasteiger partial charge in [-0.15, -0.1) is 0 Å². The predicted molar refractivity (Wildman–Crippen MR) is 145 cm³/mol. The minimum Gasteiger partial charge on any atom is -0.491 e. The van der Waals surface area contributed by atoms with Crippen molar-refractivity contribution in [2.24, 2.45) is 0 Å². The first-order valence-electron chi connectivity index (χ1n) is 12.7. The fourth-order valence-electron chi connectivity index (χ4n) is 5.27. The Labute approximate surface area is 217 Å². The van der Waals surface area contributed by atoms with Crippen molar-refractivity contribution >= 4 is 17.9 Å². The first-order chi connectivity index (χ1) is 17.5. The zero-order valence-electron chi connectivity index (χ0n) is 21.1. The van der Waals surface area contributed by atoms with Crippen molar-refractivity contribution in [3.8, 4) is 22.6 Å². The van der Waals surface area contributed by atoms with Gasteiger partial charge >= 0.3 is 0 Å². The van der Waals surface area contributed by atoms with Crippen LogP contribution < -0.4 is 14.2 Å². The van der Waals surface area contributed by atoms with Crippen molar-refractivity contribution in [3.05, 3.63) is 82.4 Å². The maximum absolute atomic E-state index is 11.5. The van der Waals surface area contributed by atoms with Crippen molar-refractivity contribution in [2.45, 2.75) is 51.4 Å². The van der Waals surface area contributed by atoms with Gasteiger partial charge in [-0.25, -0.2) is 0 Å². The average Bonchev–Trinajstić information content (AvgIpc) is 3.49. The number of hydrogen-bond donors (Lipinski definition) is 1. The highest BCUT2D eigenvalue weighted by atomic mass is 32.2. The Hall–Kier alpha value is -2.96. The minimum absolute atomic E-state index is 0.0386. The van der Waals surface area contributed by atoms with Gasteiger partial charge in [0, 0.05) is 13.0 Å². The van der Waals surface area contributed by atoms with Crippen molar-refractivity contribution in [1.29, 1.82) is 0 Å². The van der Waals surface area contributed by atoms with Gasteiger partial charge in [0.1, 0.15) is 24.2 Å². The summed E-state index contributed by atoms with van der Waals surface area (Å²) in [6.45, 7) is 8.17. The fourth-order valence-corrected chi connectivity index (χ4v) is 6.15. The maximum atomic E-state index is 11.5. The second-order valence-electron chi connectivity index (χ2n) is 9.40. The lowest BCUT2D eigenvalue weighted by Gasteiger charge is -2.18. The van der Waals surface area contributed by atoms with E-state index >= 15 is 0 Å². The molecule has 1 fully saturated rings. The van der Waals surface area contributed by atoms with Gasteiger partial charge in [0.05, 0.1) is 11.9 Å². The van der Waals surface area contributed by atoms with Gasteiger partial charge in [-0.3, -0.25) is 9.52 Å². The van der Waals surface area contributed by atoms with E-state index < -0.39 is 0 Å². The summed E-state index contributed by atoms with van der Waals surface area (Å²) in [6, 6.07) is 19.0. The molecule has 1 heterocycles. The van der Waals surface area contributed by atoms with Crippen molar-refractivity contribution in [1.82, 2.24) is 4.72 Å². The standard InChI is InChI=1S/C30H33NO4S/c1-4-33-14-15-34-23-16-19(2)30(20(3)17-23)26-7-5-6-25-24(26)12-13-27(25)35-22-10-8-21(9-11-22)28-18-29(32)31-36-28/h5-11,16-17,27-28H,4,12-15,18H2,1-3H3,(H,31,32)/t27-,28?/m1/s1. The first-order valence-corrected chi connectivity index (χ1v) is 13.6. The summed E-state index contributed by atoms with van der Waals surface area (Å²) in [7, 11) is 0. The molecule has 1 unspecified atom stereocenters. The number of fused-ring (bicyclic) bond motifs is 1. The van der Waals surface area contributed by atoms with Crippen LogP contribution >= 0.6 is 11.9 Å². The lowest BCUT2D eigenvalue weighted by Crippen LogP contribution is -2.07. The van der Waals surface area contributed by atoms with Gasteiger partial charge in [0.25, 0.3) is 0 Å². The lowest BCUT2D eigenvalue weighted by atomic mass is 9.90. The normalized spacial score (nSPS) is 18.7. The molecule has 0 aromatic heterocycles. The van der Waals surface area contributed by atoms with Crippen LogP contribution in [-0.4, -0.2) is 25.7 Å². The molecule has 1 amide bonds. The highest BCUT2D eigenvalue weighted by molar-refractivity contribution is 7.98. The van der Waals surface area contributed by atoms with E-state index in [-0.39, 0.29) is 17.3 Å². The number of ether oxygens (including phenoxy) is 3. The number of carbonyl (C=O) groups excluding carboxylic acids is 1. The second-order valence-corrected chi connectivity index (χ2v) is 10.4. The highest BCUT2D eigenvalue weighted by Gasteiger charge is 2.28. The highest BCUT2D eigenvalue weighted by Crippen LogP contribution is 2.43. The van der Waals surface area contributed by atoms with E-state index in [0.29, 0.717) is 26.2 Å². The molecule has 188 valence electrons. The predicted octanol–water partition coefficient (Wildman–Crippen LogP) is 6.66. The van der Waals surface area contributed by atoms with Crippen molar-refractivity contribution < 1.29 is 19.0 Å². The number of carbonyl (C=O) groups is 1. The van der Waals surface area contributed by atoms with Gasteiger partial charge in [0.15, 0.2) is 0 Å². The average molecular weight is 504 g/mol. The molecular formula is C30H33NO4S. The Kier molecular flexibility index (Phi) is 7.54. The number of rotatable bonds is 9. The Balaban J connectivity index is 1.33. The molecule has 0 saturated carbocycles. The van der Waals surface area contributed by atoms with Crippen LogP contribution in [0.1, 0.15) is 58.9 Å². The van der Waals surface area contributed by atoms with E-state index in [2.05, 4.69) is 61.0 Å². The van der Waals surface area contributed by atoms with Gasteiger partial charge in [-0.2, -0.15) is 0 Å². The number of hydrogen-bond acceptors (Lipinski definition) is 5. The smallest absolute Gasteiger partial charge is 0.231 e. The quantitative estimate of drug-likeness (QED) is 0.261. The second kappa shape index (κ2) is 11.0. The number of nitrogens with one attached hydrogen (secondary N) is 1. The summed E-state index contributed by atoms with van der Waals surface area (Å²) in [5, 5.41) is 0.175. The van der Waals surface area contributed by atoms with Crippen LogP contribution in [0.2, 0.25) is 0 Å². The zero-order valence-corrected chi connectivity index (χ0v) is 22.0. The Morgan fingerprint density at radius 1 is 1.00 bits per heavy atom. The molecule has 0 bridgehead atoms. The summed E-state index contributed by atoms with van der Waals surface area (Å²) in [4.78, 5) is 11.5. The number of amides is 1. The topological polar surface area (TPSA) is 56.8 Å². The van der Waals surface area contributed by atoms with E-state index in [9.17, 15) is 4.79 Å². The summed E-state index contributed by atoms with van der Waals surface area (Å²) in [6.07, 6.45) is 2.52. The van der Waals surface area contributed by atoms with Crippen LogP contribution in [-0.2, 0) is 16.0 Å². The van der Waals surface area contributed by atoms with E-state index in [1.165, 1.54) is 45.3 Å². The Morgan fingerprint density at radius 2 is 1.78 bits per heavy atom. The van der Waals surface area contributed by atoms with Gasteiger partial charge in [-0.1, -0.05) is 30.3 Å². The summed E-state index contributed by atoms with van der Waals surface area (Å²) < 4.78 is 20.6. The van der Waals surface area contributed by atoms with Crippen LogP contribution in [0, 0.1) is 13.8 Å². The van der Waals surface area contributed by atoms with Crippen molar-refractivity contribution in [3.63, 3.8) is 0 Å². The van der Waals surface area contributed by atoms with Crippen LogP contribution in [0.15, 0.2) is 54.6 Å². The molecule has 5 nitrogen and oxygen atoms in total. The zero-order chi connectivity index (χ0) is 25.1. The molecule has 6 heteroatoms. The van der Waals surface area contributed by atoms with Crippen molar-refractivity contribution in [2.75, 3.05) is 19.8 Å². The Bertz CT molecular complexity index is 1220. The Morgan fingerprint density at radius 3 is 2.47 bits per heavy atom. The third-order valence-corrected chi connectivity index (χ3v) is 7.98. The summed E-state index contributed by atoms with van der Waals surface area (Å²) in [5.74, 6) is 1.85. The largest absolute Gasteiger partial charge is 0.491 e. The monoisotopic (exact) mass is 503 g/mol. The molecular weight excluding hydrogens is 470 g/mol. The lowest BCUT2D eigenvalue weighted by molar-refractivity contribution is -0.118. The van der Waals surface area contributed by atoms with Gasteiger partial charge in [-0.05, 0) is 109 Å². The molecule has 5 rings (SSSR count). The summed E-state index contributed by atoms with van der Waals surface area (Å²) >= 11 is 1.49. The molecule has 1 aliphatic carbocycles. The van der Waals surface area contributed by atoms with Crippen LogP contribution in [0.3, 0.4) is 0 Å². The fraction of sp³-hybridized carbons (Fsp3) is 0.367. The molecule has 1 N–H and O–H groups in total. The molecule has 36 heavy (non-hydrogen) atoms. The first kappa shape index (κ1) is 24.7. The molecule has 3 aromatic rings.